The molecule has 0 aliphatic heterocycles. The average molecular weight is 571 g/mol. The van der Waals surface area contributed by atoms with Gasteiger partial charge in [-0.15, -0.1) is 0 Å². The van der Waals surface area contributed by atoms with Gasteiger partial charge in [0.1, 0.15) is 0 Å². The standard InChI is InChI=1S/C45H30/c1-45(2)38-26-31(22-23-32(38)37-24-29-14-6-7-15-30(29)25-39(37)45)42-34-19-9-8-18-33(34)41(28-12-4-3-5-13-28)43-35-20-10-16-27-17-11-21-36(40(27)35)44(42)43/h3-26H,1-2H3. The molecular formula is C45H30. The predicted octanol–water partition coefficient (Wildman–Crippen LogP) is 12.4. The Morgan fingerprint density at radius 1 is 0.356 bits per heavy atom. The van der Waals surface area contributed by atoms with Gasteiger partial charge < -0.3 is 0 Å². The molecule has 10 rings (SSSR count). The highest BCUT2D eigenvalue weighted by Crippen LogP contribution is 2.58. The molecule has 0 heteroatoms. The van der Waals surface area contributed by atoms with E-state index in [1.54, 1.807) is 0 Å². The zero-order valence-corrected chi connectivity index (χ0v) is 25.4. The molecule has 0 amide bonds. The Labute approximate surface area is 263 Å². The first-order chi connectivity index (χ1) is 22.1. The lowest BCUT2D eigenvalue weighted by Crippen LogP contribution is -2.15. The quantitative estimate of drug-likeness (QED) is 0.194. The van der Waals surface area contributed by atoms with E-state index in [1.165, 1.54) is 99.1 Å². The number of rotatable bonds is 2. The van der Waals surface area contributed by atoms with Gasteiger partial charge in [-0.2, -0.15) is 0 Å². The van der Waals surface area contributed by atoms with Crippen LogP contribution >= 0.6 is 0 Å². The molecule has 2 aliphatic rings. The fourth-order valence-electron chi connectivity index (χ4n) is 8.52. The van der Waals surface area contributed by atoms with Crippen LogP contribution in [0.4, 0.5) is 0 Å². The van der Waals surface area contributed by atoms with Gasteiger partial charge in [-0.05, 0) is 117 Å². The van der Waals surface area contributed by atoms with Crippen LogP contribution in [0.2, 0.25) is 0 Å². The van der Waals surface area contributed by atoms with Crippen molar-refractivity contribution in [3.63, 3.8) is 0 Å². The lowest BCUT2D eigenvalue weighted by molar-refractivity contribution is 0.661. The molecule has 0 nitrogen and oxygen atoms in total. The molecule has 0 fully saturated rings. The molecule has 0 heterocycles. The third-order valence-electron chi connectivity index (χ3n) is 10.6. The van der Waals surface area contributed by atoms with Crippen molar-refractivity contribution in [1.82, 2.24) is 0 Å². The molecule has 0 unspecified atom stereocenters. The van der Waals surface area contributed by atoms with Gasteiger partial charge >= 0.3 is 0 Å². The van der Waals surface area contributed by atoms with Crippen LogP contribution in [0.3, 0.4) is 0 Å². The van der Waals surface area contributed by atoms with Gasteiger partial charge in [-0.1, -0.05) is 141 Å². The van der Waals surface area contributed by atoms with E-state index >= 15 is 0 Å². The molecule has 0 N–H and O–H groups in total. The summed E-state index contributed by atoms with van der Waals surface area (Å²) in [6.45, 7) is 4.79. The number of hydrogen-bond acceptors (Lipinski definition) is 0. The van der Waals surface area contributed by atoms with Crippen molar-refractivity contribution in [2.45, 2.75) is 19.3 Å². The maximum Gasteiger partial charge on any atom is 0.0159 e. The molecular weight excluding hydrogens is 540 g/mol. The molecule has 8 aromatic carbocycles. The summed E-state index contributed by atoms with van der Waals surface area (Å²) in [5.41, 5.74) is 16.1. The highest BCUT2D eigenvalue weighted by molar-refractivity contribution is 6.27. The van der Waals surface area contributed by atoms with Gasteiger partial charge in [0, 0.05) is 5.41 Å². The lowest BCUT2D eigenvalue weighted by Gasteiger charge is -2.24. The van der Waals surface area contributed by atoms with Gasteiger partial charge in [0.05, 0.1) is 0 Å². The average Bonchev–Trinajstić information content (AvgIpc) is 3.52. The molecule has 8 aromatic rings. The van der Waals surface area contributed by atoms with Gasteiger partial charge in [0.25, 0.3) is 0 Å². The van der Waals surface area contributed by atoms with Crippen LogP contribution in [0.15, 0.2) is 146 Å². The molecule has 210 valence electrons. The van der Waals surface area contributed by atoms with Crippen molar-refractivity contribution in [3.8, 4) is 55.6 Å². The van der Waals surface area contributed by atoms with Crippen LogP contribution in [0.1, 0.15) is 25.0 Å². The summed E-state index contributed by atoms with van der Waals surface area (Å²) in [7, 11) is 0. The van der Waals surface area contributed by atoms with Crippen LogP contribution in [-0.4, -0.2) is 0 Å². The molecule has 0 saturated carbocycles. The Morgan fingerprint density at radius 2 is 0.911 bits per heavy atom. The summed E-state index contributed by atoms with van der Waals surface area (Å²) in [5, 5.41) is 7.88. The molecule has 2 aliphatic carbocycles. The largest absolute Gasteiger partial charge is 0.0622 e. The summed E-state index contributed by atoms with van der Waals surface area (Å²) >= 11 is 0. The second-order valence-corrected chi connectivity index (χ2v) is 13.3. The second-order valence-electron chi connectivity index (χ2n) is 13.3. The first-order valence-corrected chi connectivity index (χ1v) is 15.9. The monoisotopic (exact) mass is 570 g/mol. The van der Waals surface area contributed by atoms with Gasteiger partial charge in [0.2, 0.25) is 0 Å². The third kappa shape index (κ3) is 3.27. The van der Waals surface area contributed by atoms with E-state index in [0.717, 1.165) is 0 Å². The smallest absolute Gasteiger partial charge is 0.0159 e. The third-order valence-corrected chi connectivity index (χ3v) is 10.6. The lowest BCUT2D eigenvalue weighted by atomic mass is 9.79. The van der Waals surface area contributed by atoms with Crippen LogP contribution in [0.5, 0.6) is 0 Å². The van der Waals surface area contributed by atoms with Crippen molar-refractivity contribution >= 4 is 32.3 Å². The molecule has 0 atom stereocenters. The molecule has 0 saturated heterocycles. The Morgan fingerprint density at radius 3 is 1.60 bits per heavy atom. The van der Waals surface area contributed by atoms with E-state index < -0.39 is 0 Å². The van der Waals surface area contributed by atoms with Crippen molar-refractivity contribution < 1.29 is 0 Å². The summed E-state index contributed by atoms with van der Waals surface area (Å²) in [5.74, 6) is 0. The molecule has 0 spiro atoms. The van der Waals surface area contributed by atoms with Crippen molar-refractivity contribution in [3.05, 3.63) is 157 Å². The van der Waals surface area contributed by atoms with Crippen LogP contribution in [0.25, 0.3) is 88.0 Å². The van der Waals surface area contributed by atoms with Gasteiger partial charge in [0.15, 0.2) is 0 Å². The highest BCUT2D eigenvalue weighted by atomic mass is 14.4. The van der Waals surface area contributed by atoms with E-state index in [0.29, 0.717) is 0 Å². The van der Waals surface area contributed by atoms with Gasteiger partial charge in [-0.25, -0.2) is 0 Å². The minimum atomic E-state index is -0.101. The topological polar surface area (TPSA) is 0 Å². The fraction of sp³-hybridized carbons (Fsp3) is 0.0667. The van der Waals surface area contributed by atoms with Crippen molar-refractivity contribution in [2.75, 3.05) is 0 Å². The van der Waals surface area contributed by atoms with E-state index in [-0.39, 0.29) is 5.41 Å². The summed E-state index contributed by atoms with van der Waals surface area (Å²) in [6.07, 6.45) is 0. The minimum absolute atomic E-state index is 0.101. The summed E-state index contributed by atoms with van der Waals surface area (Å²) < 4.78 is 0. The van der Waals surface area contributed by atoms with Crippen molar-refractivity contribution in [1.29, 1.82) is 0 Å². The Bertz CT molecular complexity index is 2540. The predicted molar refractivity (Wildman–Crippen MR) is 192 cm³/mol. The Balaban J connectivity index is 1.32. The Hall–Kier alpha value is -5.46. The van der Waals surface area contributed by atoms with Gasteiger partial charge in [-0.3, -0.25) is 0 Å². The van der Waals surface area contributed by atoms with Crippen LogP contribution < -0.4 is 0 Å². The first kappa shape index (κ1) is 24.9. The zero-order chi connectivity index (χ0) is 29.9. The second kappa shape index (κ2) is 8.80. The van der Waals surface area contributed by atoms with Crippen LogP contribution in [0, 0.1) is 0 Å². The molecule has 0 radical (unpaired) electrons. The fourth-order valence-corrected chi connectivity index (χ4v) is 8.52. The van der Waals surface area contributed by atoms with Crippen molar-refractivity contribution in [2.24, 2.45) is 0 Å². The van der Waals surface area contributed by atoms with Crippen LogP contribution in [-0.2, 0) is 5.41 Å². The number of hydrogen-bond donors (Lipinski definition) is 0. The van der Waals surface area contributed by atoms with E-state index in [9.17, 15) is 0 Å². The first-order valence-electron chi connectivity index (χ1n) is 15.9. The molecule has 0 bridgehead atoms. The molecule has 45 heavy (non-hydrogen) atoms. The summed E-state index contributed by atoms with van der Waals surface area (Å²) in [6, 6.07) is 54.5. The van der Waals surface area contributed by atoms with E-state index in [2.05, 4.69) is 159 Å². The normalized spacial score (nSPS) is 13.7. The maximum absolute atomic E-state index is 2.51. The Kier molecular flexibility index (Phi) is 4.88. The maximum atomic E-state index is 2.51. The van der Waals surface area contributed by atoms with E-state index in [1.807, 2.05) is 0 Å². The minimum Gasteiger partial charge on any atom is -0.0622 e. The zero-order valence-electron chi connectivity index (χ0n) is 25.4. The number of fused-ring (bicyclic) bond motifs is 8. The number of benzene rings is 8. The summed E-state index contributed by atoms with van der Waals surface area (Å²) in [4.78, 5) is 0. The van der Waals surface area contributed by atoms with E-state index in [4.69, 9.17) is 0 Å². The SMILES string of the molecule is CC1(C)c2cc(-c3c4c(c(-c5ccccc5)c5ccccc35)-c3cccc5cccc-4c35)ccc2-c2cc3ccccc3cc21. The highest BCUT2D eigenvalue weighted by Gasteiger charge is 2.37. The molecule has 0 aromatic heterocycles.